The first kappa shape index (κ1) is 11.6. The zero-order chi connectivity index (χ0) is 12.4. The number of aromatic nitrogens is 2. The maximum absolute atomic E-state index is 11.4. The number of carbonyl (C=O) groups excluding carboxylic acids is 1. The van der Waals surface area contributed by atoms with E-state index in [2.05, 4.69) is 15.3 Å². The molecule has 1 saturated heterocycles. The topological polar surface area (TPSA) is 84.1 Å². The van der Waals surface area contributed by atoms with Crippen LogP contribution < -0.4 is 16.0 Å². The van der Waals surface area contributed by atoms with Crippen LogP contribution in [-0.2, 0) is 4.79 Å². The smallest absolute Gasteiger partial charge is 0.240 e. The molecule has 3 N–H and O–H groups in total. The molecule has 1 amide bonds. The van der Waals surface area contributed by atoms with Gasteiger partial charge in [-0.1, -0.05) is 0 Å². The largest absolute Gasteiger partial charge is 0.373 e. The molecule has 17 heavy (non-hydrogen) atoms. The van der Waals surface area contributed by atoms with E-state index < -0.39 is 0 Å². The summed E-state index contributed by atoms with van der Waals surface area (Å²) < 4.78 is 0. The SMILES string of the molecule is CNc1ncnc(N2CCCC2C(N)=O)c1C. The first-order valence-electron chi connectivity index (χ1n) is 5.70. The number of nitrogens with zero attached hydrogens (tertiary/aromatic N) is 3. The quantitative estimate of drug-likeness (QED) is 0.786. The second kappa shape index (κ2) is 4.57. The summed E-state index contributed by atoms with van der Waals surface area (Å²) >= 11 is 0. The third-order valence-corrected chi connectivity index (χ3v) is 3.15. The van der Waals surface area contributed by atoms with E-state index in [0.717, 1.165) is 36.6 Å². The number of hydrogen-bond donors (Lipinski definition) is 2. The number of amides is 1. The first-order valence-corrected chi connectivity index (χ1v) is 5.70. The molecule has 0 aliphatic carbocycles. The lowest BCUT2D eigenvalue weighted by atomic mass is 10.2. The summed E-state index contributed by atoms with van der Waals surface area (Å²) in [5.74, 6) is 1.29. The summed E-state index contributed by atoms with van der Waals surface area (Å²) in [5.41, 5.74) is 6.35. The van der Waals surface area contributed by atoms with Crippen molar-refractivity contribution in [1.82, 2.24) is 9.97 Å². The van der Waals surface area contributed by atoms with E-state index in [1.807, 2.05) is 18.9 Å². The van der Waals surface area contributed by atoms with Crippen molar-refractivity contribution < 1.29 is 4.79 Å². The molecule has 0 saturated carbocycles. The van der Waals surface area contributed by atoms with Crippen LogP contribution in [0.5, 0.6) is 0 Å². The van der Waals surface area contributed by atoms with Crippen LogP contribution in [0.25, 0.3) is 0 Å². The molecular formula is C11H17N5O. The van der Waals surface area contributed by atoms with Crippen LogP contribution in [0.15, 0.2) is 6.33 Å². The van der Waals surface area contributed by atoms with E-state index in [-0.39, 0.29) is 11.9 Å². The second-order valence-electron chi connectivity index (χ2n) is 4.17. The van der Waals surface area contributed by atoms with Crippen LogP contribution in [0.3, 0.4) is 0 Å². The molecule has 1 aliphatic rings. The van der Waals surface area contributed by atoms with Gasteiger partial charge in [-0.3, -0.25) is 4.79 Å². The predicted molar refractivity (Wildman–Crippen MR) is 65.9 cm³/mol. The van der Waals surface area contributed by atoms with E-state index in [9.17, 15) is 4.79 Å². The normalized spacial score (nSPS) is 19.4. The predicted octanol–water partition coefficient (Wildman–Crippen LogP) is 0.281. The zero-order valence-electron chi connectivity index (χ0n) is 10.1. The molecule has 2 rings (SSSR count). The highest BCUT2D eigenvalue weighted by Crippen LogP contribution is 2.28. The van der Waals surface area contributed by atoms with Gasteiger partial charge in [0.05, 0.1) is 0 Å². The van der Waals surface area contributed by atoms with Crippen LogP contribution in [0.1, 0.15) is 18.4 Å². The Morgan fingerprint density at radius 2 is 2.35 bits per heavy atom. The van der Waals surface area contributed by atoms with Gasteiger partial charge in [-0.15, -0.1) is 0 Å². The number of nitrogens with two attached hydrogens (primary N) is 1. The molecule has 1 aliphatic heterocycles. The molecule has 0 aromatic carbocycles. The average Bonchev–Trinajstić information content (AvgIpc) is 2.78. The average molecular weight is 235 g/mol. The summed E-state index contributed by atoms with van der Waals surface area (Å²) in [5, 5.41) is 3.01. The summed E-state index contributed by atoms with van der Waals surface area (Å²) in [6.45, 7) is 2.76. The Morgan fingerprint density at radius 1 is 1.59 bits per heavy atom. The lowest BCUT2D eigenvalue weighted by molar-refractivity contribution is -0.119. The highest BCUT2D eigenvalue weighted by Gasteiger charge is 2.31. The van der Waals surface area contributed by atoms with Gasteiger partial charge in [-0.2, -0.15) is 0 Å². The molecule has 1 aromatic heterocycles. The molecule has 6 heteroatoms. The van der Waals surface area contributed by atoms with E-state index in [1.54, 1.807) is 0 Å². The summed E-state index contributed by atoms with van der Waals surface area (Å²) in [6.07, 6.45) is 3.27. The Morgan fingerprint density at radius 3 is 3.00 bits per heavy atom. The van der Waals surface area contributed by atoms with E-state index in [0.29, 0.717) is 0 Å². The Kier molecular flexibility index (Phi) is 3.12. The monoisotopic (exact) mass is 235 g/mol. The van der Waals surface area contributed by atoms with Crippen molar-refractivity contribution in [3.05, 3.63) is 11.9 Å². The number of primary amides is 1. The van der Waals surface area contributed by atoms with Crippen molar-refractivity contribution in [2.75, 3.05) is 23.8 Å². The van der Waals surface area contributed by atoms with Gasteiger partial charge in [-0.25, -0.2) is 9.97 Å². The first-order chi connectivity index (χ1) is 8.15. The molecule has 0 radical (unpaired) electrons. The minimum atomic E-state index is -0.286. The van der Waals surface area contributed by atoms with Gasteiger partial charge >= 0.3 is 0 Å². The molecule has 92 valence electrons. The Bertz CT molecular complexity index is 434. The van der Waals surface area contributed by atoms with E-state index in [1.165, 1.54) is 6.33 Å². The molecule has 0 bridgehead atoms. The standard InChI is InChI=1S/C11H17N5O/c1-7-10(13-2)14-6-15-11(7)16-5-3-4-8(16)9(12)17/h6,8H,3-5H2,1-2H3,(H2,12,17)(H,13,14,15). The molecule has 1 aromatic rings. The molecular weight excluding hydrogens is 218 g/mol. The van der Waals surface area contributed by atoms with Gasteiger partial charge in [0.1, 0.15) is 24.0 Å². The lowest BCUT2D eigenvalue weighted by Crippen LogP contribution is -2.41. The van der Waals surface area contributed by atoms with Gasteiger partial charge in [-0.05, 0) is 19.8 Å². The Labute approximate surface area is 100 Å². The van der Waals surface area contributed by atoms with Gasteiger partial charge in [0.25, 0.3) is 0 Å². The molecule has 1 unspecified atom stereocenters. The lowest BCUT2D eigenvalue weighted by Gasteiger charge is -2.25. The van der Waals surface area contributed by atoms with Crippen LogP contribution >= 0.6 is 0 Å². The van der Waals surface area contributed by atoms with Gasteiger partial charge in [0.15, 0.2) is 0 Å². The second-order valence-corrected chi connectivity index (χ2v) is 4.17. The number of nitrogens with one attached hydrogen (secondary N) is 1. The van der Waals surface area contributed by atoms with Crippen molar-refractivity contribution in [2.24, 2.45) is 5.73 Å². The van der Waals surface area contributed by atoms with Crippen molar-refractivity contribution >= 4 is 17.5 Å². The van der Waals surface area contributed by atoms with Crippen molar-refractivity contribution in [2.45, 2.75) is 25.8 Å². The van der Waals surface area contributed by atoms with Crippen LogP contribution in [0.4, 0.5) is 11.6 Å². The number of hydrogen-bond acceptors (Lipinski definition) is 5. The van der Waals surface area contributed by atoms with Gasteiger partial charge in [0, 0.05) is 19.2 Å². The number of rotatable bonds is 3. The fourth-order valence-electron chi connectivity index (χ4n) is 2.30. The third-order valence-electron chi connectivity index (χ3n) is 3.15. The summed E-state index contributed by atoms with van der Waals surface area (Å²) in [6, 6.07) is -0.242. The minimum Gasteiger partial charge on any atom is -0.373 e. The number of carbonyl (C=O) groups is 1. The van der Waals surface area contributed by atoms with Crippen LogP contribution in [0.2, 0.25) is 0 Å². The van der Waals surface area contributed by atoms with Crippen molar-refractivity contribution in [1.29, 1.82) is 0 Å². The highest BCUT2D eigenvalue weighted by atomic mass is 16.1. The Hall–Kier alpha value is -1.85. The van der Waals surface area contributed by atoms with Crippen LogP contribution in [0, 0.1) is 6.92 Å². The van der Waals surface area contributed by atoms with Gasteiger partial charge in [0.2, 0.25) is 5.91 Å². The number of anilines is 2. The van der Waals surface area contributed by atoms with Crippen LogP contribution in [-0.4, -0.2) is 35.5 Å². The third kappa shape index (κ3) is 2.02. The highest BCUT2D eigenvalue weighted by molar-refractivity contribution is 5.84. The maximum atomic E-state index is 11.4. The molecule has 2 heterocycles. The zero-order valence-corrected chi connectivity index (χ0v) is 10.1. The van der Waals surface area contributed by atoms with Crippen molar-refractivity contribution in [3.8, 4) is 0 Å². The molecule has 0 spiro atoms. The summed E-state index contributed by atoms with van der Waals surface area (Å²) in [4.78, 5) is 21.7. The fraction of sp³-hybridized carbons (Fsp3) is 0.545. The minimum absolute atomic E-state index is 0.242. The van der Waals surface area contributed by atoms with E-state index in [4.69, 9.17) is 5.73 Å². The van der Waals surface area contributed by atoms with E-state index >= 15 is 0 Å². The Balaban J connectivity index is 2.36. The van der Waals surface area contributed by atoms with Crippen molar-refractivity contribution in [3.63, 3.8) is 0 Å². The fourth-order valence-corrected chi connectivity index (χ4v) is 2.30. The van der Waals surface area contributed by atoms with Gasteiger partial charge < -0.3 is 16.0 Å². The molecule has 6 nitrogen and oxygen atoms in total. The summed E-state index contributed by atoms with van der Waals surface area (Å²) in [7, 11) is 1.81. The molecule has 1 fully saturated rings. The maximum Gasteiger partial charge on any atom is 0.240 e. The molecule has 1 atom stereocenters.